The average Bonchev–Trinajstić information content (AvgIpc) is 2.72. The van der Waals surface area contributed by atoms with E-state index in [1.165, 1.54) is 17.4 Å². The number of nitrogens with two attached hydrogens (primary N) is 1. The Hall–Kier alpha value is -1.10. The summed E-state index contributed by atoms with van der Waals surface area (Å²) in [4.78, 5) is 0.997. The first kappa shape index (κ1) is 13.3. The highest BCUT2D eigenvalue weighted by molar-refractivity contribution is 7.16. The summed E-state index contributed by atoms with van der Waals surface area (Å²) in [5, 5.41) is 0. The quantitative estimate of drug-likeness (QED) is 0.916. The minimum Gasteiger partial charge on any atom is -0.488 e. The van der Waals surface area contributed by atoms with E-state index < -0.39 is 0 Å². The predicted molar refractivity (Wildman–Crippen MR) is 72.7 cm³/mol. The van der Waals surface area contributed by atoms with Crippen LogP contribution in [-0.2, 0) is 6.61 Å². The minimum atomic E-state index is -0.341. The molecule has 0 unspecified atom stereocenters. The molecule has 2 rings (SSSR count). The standard InChI is InChI=1S/C13H13ClFNOS/c1-8(16)11-4-2-9(6-12(11)15)17-7-10-3-5-13(14)18-10/h2-6,8H,7,16H2,1H3/t8-/m0/s1. The molecular formula is C13H13ClFNOS. The van der Waals surface area contributed by atoms with Gasteiger partial charge in [0.15, 0.2) is 0 Å². The number of thiophene rings is 1. The maximum Gasteiger partial charge on any atom is 0.131 e. The van der Waals surface area contributed by atoms with E-state index in [2.05, 4.69) is 0 Å². The Kier molecular flexibility index (Phi) is 4.22. The van der Waals surface area contributed by atoms with Crippen molar-refractivity contribution < 1.29 is 9.13 Å². The molecule has 0 bridgehead atoms. The molecule has 2 aromatic rings. The fourth-order valence-electron chi connectivity index (χ4n) is 1.55. The van der Waals surface area contributed by atoms with Crippen LogP contribution in [0.25, 0.3) is 0 Å². The van der Waals surface area contributed by atoms with Gasteiger partial charge in [0.2, 0.25) is 0 Å². The van der Waals surface area contributed by atoms with Gasteiger partial charge in [0.25, 0.3) is 0 Å². The van der Waals surface area contributed by atoms with Gasteiger partial charge in [-0.15, -0.1) is 11.3 Å². The molecule has 2 nitrogen and oxygen atoms in total. The lowest BCUT2D eigenvalue weighted by Crippen LogP contribution is -2.07. The summed E-state index contributed by atoms with van der Waals surface area (Å²) in [5.41, 5.74) is 6.13. The number of hydrogen-bond donors (Lipinski definition) is 1. The third kappa shape index (κ3) is 3.22. The van der Waals surface area contributed by atoms with Gasteiger partial charge in [0, 0.05) is 22.5 Å². The van der Waals surface area contributed by atoms with Gasteiger partial charge in [0.1, 0.15) is 18.2 Å². The third-order valence-electron chi connectivity index (χ3n) is 2.47. The maximum absolute atomic E-state index is 13.7. The van der Waals surface area contributed by atoms with Gasteiger partial charge >= 0.3 is 0 Å². The molecule has 0 saturated carbocycles. The smallest absolute Gasteiger partial charge is 0.131 e. The summed E-state index contributed by atoms with van der Waals surface area (Å²) >= 11 is 7.26. The number of hydrogen-bond acceptors (Lipinski definition) is 3. The van der Waals surface area contributed by atoms with Crippen molar-refractivity contribution in [1.29, 1.82) is 0 Å². The molecule has 18 heavy (non-hydrogen) atoms. The summed E-state index contributed by atoms with van der Waals surface area (Å²) in [6.45, 7) is 2.13. The van der Waals surface area contributed by atoms with E-state index in [1.54, 1.807) is 19.1 Å². The summed E-state index contributed by atoms with van der Waals surface area (Å²) in [6, 6.07) is 8.10. The Bertz CT molecular complexity index is 542. The highest BCUT2D eigenvalue weighted by Crippen LogP contribution is 2.24. The van der Waals surface area contributed by atoms with Gasteiger partial charge in [-0.1, -0.05) is 17.7 Å². The van der Waals surface area contributed by atoms with Crippen LogP contribution in [0, 0.1) is 5.82 Å². The van der Waals surface area contributed by atoms with Crippen molar-refractivity contribution in [3.8, 4) is 5.75 Å². The summed E-state index contributed by atoms with van der Waals surface area (Å²) in [7, 11) is 0. The summed E-state index contributed by atoms with van der Waals surface area (Å²) in [6.07, 6.45) is 0. The van der Waals surface area contributed by atoms with Gasteiger partial charge in [-0.05, 0) is 25.1 Å². The Balaban J connectivity index is 2.04. The molecule has 0 spiro atoms. The van der Waals surface area contributed by atoms with E-state index in [0.717, 1.165) is 4.88 Å². The van der Waals surface area contributed by atoms with Gasteiger partial charge in [0.05, 0.1) is 4.34 Å². The highest BCUT2D eigenvalue weighted by atomic mass is 35.5. The van der Waals surface area contributed by atoms with Crippen molar-refractivity contribution in [3.63, 3.8) is 0 Å². The van der Waals surface area contributed by atoms with E-state index in [0.29, 0.717) is 22.3 Å². The second-order valence-electron chi connectivity index (χ2n) is 3.97. The lowest BCUT2D eigenvalue weighted by Gasteiger charge is -2.09. The van der Waals surface area contributed by atoms with E-state index in [9.17, 15) is 4.39 Å². The highest BCUT2D eigenvalue weighted by Gasteiger charge is 2.08. The van der Waals surface area contributed by atoms with Crippen molar-refractivity contribution in [2.75, 3.05) is 0 Å². The largest absolute Gasteiger partial charge is 0.488 e. The molecule has 0 aliphatic carbocycles. The van der Waals surface area contributed by atoms with Crippen LogP contribution in [0.4, 0.5) is 4.39 Å². The number of benzene rings is 1. The Labute approximate surface area is 114 Å². The fraction of sp³-hybridized carbons (Fsp3) is 0.231. The zero-order chi connectivity index (χ0) is 13.1. The molecule has 0 amide bonds. The number of halogens is 2. The molecule has 1 aromatic heterocycles. The second kappa shape index (κ2) is 5.69. The van der Waals surface area contributed by atoms with Crippen molar-refractivity contribution in [1.82, 2.24) is 0 Å². The van der Waals surface area contributed by atoms with E-state index in [-0.39, 0.29) is 11.9 Å². The lowest BCUT2D eigenvalue weighted by atomic mass is 10.1. The third-order valence-corrected chi connectivity index (χ3v) is 3.68. The average molecular weight is 286 g/mol. The van der Waals surface area contributed by atoms with Crippen LogP contribution in [0.1, 0.15) is 23.4 Å². The van der Waals surface area contributed by atoms with E-state index in [4.69, 9.17) is 22.1 Å². The van der Waals surface area contributed by atoms with Gasteiger partial charge in [-0.25, -0.2) is 4.39 Å². The molecule has 0 aliphatic rings. The zero-order valence-corrected chi connectivity index (χ0v) is 11.4. The normalized spacial score (nSPS) is 12.4. The molecule has 2 N–H and O–H groups in total. The molecular weight excluding hydrogens is 273 g/mol. The molecule has 1 aromatic carbocycles. The first-order chi connectivity index (χ1) is 8.56. The molecule has 0 aliphatic heterocycles. The molecule has 1 heterocycles. The van der Waals surface area contributed by atoms with Crippen LogP contribution in [-0.4, -0.2) is 0 Å². The first-order valence-electron chi connectivity index (χ1n) is 5.48. The molecule has 5 heteroatoms. The molecule has 0 fully saturated rings. The first-order valence-corrected chi connectivity index (χ1v) is 6.68. The monoisotopic (exact) mass is 285 g/mol. The summed E-state index contributed by atoms with van der Waals surface area (Å²) < 4.78 is 19.9. The van der Waals surface area contributed by atoms with Crippen molar-refractivity contribution in [2.45, 2.75) is 19.6 Å². The maximum atomic E-state index is 13.7. The fourth-order valence-corrected chi connectivity index (χ4v) is 2.55. The molecule has 0 radical (unpaired) electrons. The van der Waals surface area contributed by atoms with Crippen LogP contribution in [0.2, 0.25) is 4.34 Å². The SMILES string of the molecule is C[C@H](N)c1ccc(OCc2ccc(Cl)s2)cc1F. The Morgan fingerprint density at radius 1 is 1.39 bits per heavy atom. The topological polar surface area (TPSA) is 35.2 Å². The number of ether oxygens (including phenoxy) is 1. The lowest BCUT2D eigenvalue weighted by molar-refractivity contribution is 0.308. The van der Waals surface area contributed by atoms with Crippen LogP contribution < -0.4 is 10.5 Å². The molecule has 96 valence electrons. The van der Waals surface area contributed by atoms with Crippen LogP contribution >= 0.6 is 22.9 Å². The Morgan fingerprint density at radius 2 is 2.17 bits per heavy atom. The van der Waals surface area contributed by atoms with Crippen molar-refractivity contribution in [2.24, 2.45) is 5.73 Å². The molecule has 1 atom stereocenters. The van der Waals surface area contributed by atoms with Crippen LogP contribution in [0.3, 0.4) is 0 Å². The van der Waals surface area contributed by atoms with Gasteiger partial charge < -0.3 is 10.5 Å². The van der Waals surface area contributed by atoms with Gasteiger partial charge in [-0.2, -0.15) is 0 Å². The summed E-state index contributed by atoms with van der Waals surface area (Å²) in [5.74, 6) is 0.146. The minimum absolute atomic E-state index is 0.324. The number of rotatable bonds is 4. The Morgan fingerprint density at radius 3 is 2.72 bits per heavy atom. The van der Waals surface area contributed by atoms with Crippen LogP contribution in [0.5, 0.6) is 5.75 Å². The van der Waals surface area contributed by atoms with Gasteiger partial charge in [-0.3, -0.25) is 0 Å². The van der Waals surface area contributed by atoms with Crippen LogP contribution in [0.15, 0.2) is 30.3 Å². The second-order valence-corrected chi connectivity index (χ2v) is 5.77. The van der Waals surface area contributed by atoms with Crippen molar-refractivity contribution in [3.05, 3.63) is 50.9 Å². The van der Waals surface area contributed by atoms with Crippen molar-refractivity contribution >= 4 is 22.9 Å². The predicted octanol–water partition coefficient (Wildman–Crippen LogP) is 4.14. The molecule has 0 saturated heterocycles. The van der Waals surface area contributed by atoms with E-state index in [1.807, 2.05) is 12.1 Å². The van der Waals surface area contributed by atoms with E-state index >= 15 is 0 Å². The zero-order valence-electron chi connectivity index (χ0n) is 9.82.